The van der Waals surface area contributed by atoms with E-state index in [0.717, 1.165) is 0 Å². The quantitative estimate of drug-likeness (QED) is 0.297. The van der Waals surface area contributed by atoms with Gasteiger partial charge in [0, 0.05) is 7.05 Å². The zero-order valence-electron chi connectivity index (χ0n) is 10.4. The van der Waals surface area contributed by atoms with Gasteiger partial charge >= 0.3 is 0 Å². The molecular weight excluding hydrogens is 246 g/mol. The van der Waals surface area contributed by atoms with Gasteiger partial charge in [-0.3, -0.25) is 4.99 Å². The lowest BCUT2D eigenvalue weighted by molar-refractivity contribution is 1.00. The zero-order chi connectivity index (χ0) is 14.1. The van der Waals surface area contributed by atoms with E-state index in [9.17, 15) is 0 Å². The van der Waals surface area contributed by atoms with Gasteiger partial charge in [-0.1, -0.05) is 6.07 Å². The predicted molar refractivity (Wildman–Crippen MR) is 75.9 cm³/mol. The molecule has 9 heteroatoms. The predicted octanol–water partition coefficient (Wildman–Crippen LogP) is -1.44. The highest BCUT2D eigenvalue weighted by molar-refractivity contribution is 5.84. The number of hydrogen-bond donors (Lipinski definition) is 4. The molecule has 1 rings (SSSR count). The molecule has 9 nitrogen and oxygen atoms in total. The molecule has 1 aromatic rings. The number of nitrogens with two attached hydrogens (primary N) is 3. The van der Waals surface area contributed by atoms with Gasteiger partial charge in [-0.15, -0.1) is 5.10 Å². The lowest BCUT2D eigenvalue weighted by atomic mass is 10.3. The van der Waals surface area contributed by atoms with Crippen molar-refractivity contribution < 1.29 is 0 Å². The van der Waals surface area contributed by atoms with Gasteiger partial charge in [-0.25, -0.2) is 10.4 Å². The highest BCUT2D eigenvalue weighted by Crippen LogP contribution is 1.94. The van der Waals surface area contributed by atoms with Gasteiger partial charge in [0.2, 0.25) is 11.9 Å². The highest BCUT2D eigenvalue weighted by Gasteiger charge is 1.93. The van der Waals surface area contributed by atoms with E-state index >= 15 is 0 Å². The van der Waals surface area contributed by atoms with Gasteiger partial charge in [0.15, 0.2) is 0 Å². The zero-order valence-corrected chi connectivity index (χ0v) is 10.4. The first-order valence-corrected chi connectivity index (χ1v) is 5.22. The van der Waals surface area contributed by atoms with Gasteiger partial charge in [0.05, 0.1) is 23.8 Å². The number of guanidine groups is 2. The van der Waals surface area contributed by atoms with Gasteiger partial charge < -0.3 is 17.2 Å². The number of nitrogens with one attached hydrogen (secondary N) is 1. The van der Waals surface area contributed by atoms with E-state index in [0.29, 0.717) is 11.4 Å². The third kappa shape index (κ3) is 5.77. The third-order valence-corrected chi connectivity index (χ3v) is 1.77. The summed E-state index contributed by atoms with van der Waals surface area (Å²) in [7, 11) is 1.55. The summed E-state index contributed by atoms with van der Waals surface area (Å²) in [6, 6.07) is 5.31. The number of nitrogens with zero attached hydrogens (tertiary/aromatic N) is 5. The molecule has 0 aliphatic carbocycles. The average Bonchev–Trinajstić information content (AvgIpc) is 2.38. The number of hydrogen-bond acceptors (Lipinski definition) is 5. The molecule has 0 aromatic carbocycles. The summed E-state index contributed by atoms with van der Waals surface area (Å²) in [5.74, 6) is 0.0919. The number of rotatable bonds is 4. The molecule has 0 atom stereocenters. The molecule has 0 bridgehead atoms. The summed E-state index contributed by atoms with van der Waals surface area (Å²) in [5.41, 5.74) is 19.4. The summed E-state index contributed by atoms with van der Waals surface area (Å²) >= 11 is 0. The van der Waals surface area contributed by atoms with Crippen molar-refractivity contribution in [1.82, 2.24) is 10.4 Å². The fraction of sp³-hybridized carbons (Fsp3) is 0.100. The molecule has 0 radical (unpaired) electrons. The van der Waals surface area contributed by atoms with Gasteiger partial charge in [0.25, 0.3) is 0 Å². The minimum Gasteiger partial charge on any atom is -0.369 e. The van der Waals surface area contributed by atoms with E-state index in [4.69, 9.17) is 17.2 Å². The summed E-state index contributed by atoms with van der Waals surface area (Å²) in [6.45, 7) is 0. The van der Waals surface area contributed by atoms with Gasteiger partial charge in [-0.05, 0) is 12.1 Å². The SMILES string of the molecule is CN=C(N)N/N=C/c1cccc(/C=N/N=C(N)N)n1. The average molecular weight is 261 g/mol. The molecule has 0 aliphatic heterocycles. The maximum Gasteiger partial charge on any atom is 0.211 e. The van der Waals surface area contributed by atoms with E-state index < -0.39 is 0 Å². The van der Waals surface area contributed by atoms with E-state index in [1.165, 1.54) is 12.4 Å². The van der Waals surface area contributed by atoms with Crippen LogP contribution in [-0.2, 0) is 0 Å². The Kier molecular flexibility index (Phi) is 5.47. The van der Waals surface area contributed by atoms with Crippen molar-refractivity contribution in [2.75, 3.05) is 7.05 Å². The smallest absolute Gasteiger partial charge is 0.211 e. The highest BCUT2D eigenvalue weighted by atomic mass is 15.3. The second-order valence-electron chi connectivity index (χ2n) is 3.24. The summed E-state index contributed by atoms with van der Waals surface area (Å²) in [4.78, 5) is 7.91. The van der Waals surface area contributed by atoms with Gasteiger partial charge in [-0.2, -0.15) is 10.2 Å². The van der Waals surface area contributed by atoms with E-state index in [1.807, 2.05) is 0 Å². The summed E-state index contributed by atoms with van der Waals surface area (Å²) < 4.78 is 0. The van der Waals surface area contributed by atoms with Crippen molar-refractivity contribution in [3.63, 3.8) is 0 Å². The second-order valence-corrected chi connectivity index (χ2v) is 3.24. The van der Waals surface area contributed by atoms with Crippen LogP contribution in [0.3, 0.4) is 0 Å². The Hall–Kier alpha value is -2.97. The molecule has 7 N–H and O–H groups in total. The van der Waals surface area contributed by atoms with Crippen LogP contribution >= 0.6 is 0 Å². The minimum absolute atomic E-state index is 0.118. The van der Waals surface area contributed by atoms with Crippen LogP contribution in [0.2, 0.25) is 0 Å². The molecular formula is C10H15N9. The first kappa shape index (κ1) is 14.1. The Labute approximate surface area is 110 Å². The molecule has 100 valence electrons. The van der Waals surface area contributed by atoms with Crippen LogP contribution in [0.4, 0.5) is 0 Å². The maximum atomic E-state index is 5.41. The molecule has 0 saturated heterocycles. The van der Waals surface area contributed by atoms with Gasteiger partial charge in [0.1, 0.15) is 0 Å². The topological polar surface area (TPSA) is 152 Å². The number of hydrazone groups is 1. The van der Waals surface area contributed by atoms with Crippen LogP contribution in [0, 0.1) is 0 Å². The van der Waals surface area contributed by atoms with E-state index in [1.54, 1.807) is 25.2 Å². The van der Waals surface area contributed by atoms with Crippen molar-refractivity contribution in [2.45, 2.75) is 0 Å². The first-order chi connectivity index (χ1) is 9.11. The van der Waals surface area contributed by atoms with Crippen LogP contribution in [0.25, 0.3) is 0 Å². The molecule has 0 spiro atoms. The molecule has 1 heterocycles. The molecule has 0 unspecified atom stereocenters. The van der Waals surface area contributed by atoms with Crippen LogP contribution in [0.5, 0.6) is 0 Å². The number of aromatic nitrogens is 1. The second kappa shape index (κ2) is 7.37. The first-order valence-electron chi connectivity index (χ1n) is 5.22. The van der Waals surface area contributed by atoms with E-state index in [-0.39, 0.29) is 11.9 Å². The van der Waals surface area contributed by atoms with Crippen molar-refractivity contribution in [3.05, 3.63) is 29.6 Å². The molecule has 1 aromatic heterocycles. The van der Waals surface area contributed by atoms with Crippen LogP contribution in [0.15, 0.2) is 38.5 Å². The van der Waals surface area contributed by atoms with Crippen molar-refractivity contribution in [1.29, 1.82) is 0 Å². The summed E-state index contributed by atoms with van der Waals surface area (Å²) in [5, 5.41) is 11.0. The summed E-state index contributed by atoms with van der Waals surface area (Å²) in [6.07, 6.45) is 2.92. The molecule has 0 saturated carbocycles. The van der Waals surface area contributed by atoms with Crippen molar-refractivity contribution in [3.8, 4) is 0 Å². The fourth-order valence-corrected chi connectivity index (χ4v) is 0.982. The monoisotopic (exact) mass is 261 g/mol. The van der Waals surface area contributed by atoms with Crippen LogP contribution < -0.4 is 22.6 Å². The Balaban J connectivity index is 2.72. The number of pyridine rings is 1. The maximum absolute atomic E-state index is 5.41. The Morgan fingerprint density at radius 1 is 1.21 bits per heavy atom. The van der Waals surface area contributed by atoms with Crippen molar-refractivity contribution >= 4 is 24.3 Å². The van der Waals surface area contributed by atoms with Crippen molar-refractivity contribution in [2.24, 2.45) is 37.5 Å². The Morgan fingerprint density at radius 3 is 2.53 bits per heavy atom. The molecule has 0 aliphatic rings. The van der Waals surface area contributed by atoms with Crippen LogP contribution in [-0.4, -0.2) is 36.4 Å². The standard InChI is InChI=1S/C10H15N9/c1-14-10(13)19-16-6-8-4-2-3-7(17-8)5-15-18-9(11)12/h2-6H,1H3,(H4,11,12,18)(H3,13,14,19)/b15-5+,16-6+. The molecule has 19 heavy (non-hydrogen) atoms. The lowest BCUT2D eigenvalue weighted by Crippen LogP contribution is -2.26. The number of aliphatic imine (C=N–C) groups is 1. The Morgan fingerprint density at radius 2 is 1.89 bits per heavy atom. The fourth-order valence-electron chi connectivity index (χ4n) is 0.982. The van der Waals surface area contributed by atoms with Crippen LogP contribution in [0.1, 0.15) is 11.4 Å². The normalized spacial score (nSPS) is 11.9. The van der Waals surface area contributed by atoms with E-state index in [2.05, 4.69) is 30.7 Å². The largest absolute Gasteiger partial charge is 0.369 e. The third-order valence-electron chi connectivity index (χ3n) is 1.77. The molecule has 0 amide bonds. The Bertz CT molecular complexity index is 526. The minimum atomic E-state index is -0.118. The molecule has 0 fully saturated rings. The lowest BCUT2D eigenvalue weighted by Gasteiger charge is -1.97.